The molecule has 1 heterocycles. The van der Waals surface area contributed by atoms with Gasteiger partial charge in [0.2, 0.25) is 0 Å². The van der Waals surface area contributed by atoms with Crippen molar-refractivity contribution in [2.75, 3.05) is 18.5 Å². The van der Waals surface area contributed by atoms with E-state index in [1.165, 1.54) is 0 Å². The van der Waals surface area contributed by atoms with Gasteiger partial charge in [0, 0.05) is 6.54 Å². The van der Waals surface area contributed by atoms with Gasteiger partial charge in [-0.25, -0.2) is 4.79 Å². The Kier molecular flexibility index (Phi) is 6.45. The largest absolute Gasteiger partial charge is 0.456 e. The van der Waals surface area contributed by atoms with Crippen LogP contribution >= 0.6 is 11.7 Å². The SMILES string of the molecule is CC(C)(C)OC(=O)NCCC(=O)OCC(=O)Nc1cccc2nsnc12. The summed E-state index contributed by atoms with van der Waals surface area (Å²) in [6.07, 6.45) is -0.689. The van der Waals surface area contributed by atoms with Crippen LogP contribution in [0.5, 0.6) is 0 Å². The summed E-state index contributed by atoms with van der Waals surface area (Å²) in [6.45, 7) is 4.84. The van der Waals surface area contributed by atoms with Gasteiger partial charge in [-0.3, -0.25) is 9.59 Å². The summed E-state index contributed by atoms with van der Waals surface area (Å²) in [7, 11) is 0. The lowest BCUT2D eigenvalue weighted by molar-refractivity contribution is -0.147. The zero-order chi connectivity index (χ0) is 19.2. The van der Waals surface area contributed by atoms with E-state index in [0.717, 1.165) is 11.7 Å². The van der Waals surface area contributed by atoms with Gasteiger partial charge < -0.3 is 20.1 Å². The quantitative estimate of drug-likeness (QED) is 0.736. The maximum Gasteiger partial charge on any atom is 0.407 e. The molecule has 0 saturated carbocycles. The fraction of sp³-hybridized carbons (Fsp3) is 0.438. The summed E-state index contributed by atoms with van der Waals surface area (Å²) in [5, 5.41) is 5.06. The minimum atomic E-state index is -0.618. The van der Waals surface area contributed by atoms with E-state index in [1.807, 2.05) is 0 Å². The molecule has 2 aromatic rings. The summed E-state index contributed by atoms with van der Waals surface area (Å²) in [4.78, 5) is 35.0. The Labute approximate surface area is 154 Å². The molecule has 26 heavy (non-hydrogen) atoms. The van der Waals surface area contributed by atoms with Gasteiger partial charge in [0.15, 0.2) is 6.61 Å². The van der Waals surface area contributed by atoms with Crippen molar-refractivity contribution in [1.29, 1.82) is 0 Å². The smallest absolute Gasteiger partial charge is 0.407 e. The van der Waals surface area contributed by atoms with Gasteiger partial charge in [0.1, 0.15) is 16.6 Å². The number of hydrogen-bond donors (Lipinski definition) is 2. The topological polar surface area (TPSA) is 120 Å². The zero-order valence-corrected chi connectivity index (χ0v) is 15.5. The number of amides is 2. The number of aromatic nitrogens is 2. The van der Waals surface area contributed by atoms with Crippen LogP contribution in [0.4, 0.5) is 10.5 Å². The standard InChI is InChI=1S/C16H20N4O5S/c1-16(2,3)25-15(23)17-8-7-13(22)24-9-12(21)18-10-5-4-6-11-14(10)20-26-19-11/h4-6H,7-9H2,1-3H3,(H,17,23)(H,18,21). The fourth-order valence-corrected chi connectivity index (χ4v) is 2.44. The van der Waals surface area contributed by atoms with Crippen LogP contribution in [0, 0.1) is 0 Å². The first-order chi connectivity index (χ1) is 12.2. The highest BCUT2D eigenvalue weighted by molar-refractivity contribution is 7.00. The fourth-order valence-electron chi connectivity index (χ4n) is 1.89. The van der Waals surface area contributed by atoms with E-state index in [1.54, 1.807) is 39.0 Å². The first-order valence-electron chi connectivity index (χ1n) is 7.88. The highest BCUT2D eigenvalue weighted by Crippen LogP contribution is 2.20. The molecule has 2 rings (SSSR count). The third kappa shape index (κ3) is 6.28. The Balaban J connectivity index is 1.70. The number of nitrogens with one attached hydrogen (secondary N) is 2. The van der Waals surface area contributed by atoms with E-state index >= 15 is 0 Å². The van der Waals surface area contributed by atoms with E-state index in [4.69, 9.17) is 9.47 Å². The Bertz CT molecular complexity index is 799. The molecule has 0 unspecified atom stereocenters. The molecule has 0 aliphatic rings. The lowest BCUT2D eigenvalue weighted by Gasteiger charge is -2.19. The maximum absolute atomic E-state index is 11.9. The Hall–Kier alpha value is -2.75. The predicted octanol–water partition coefficient (Wildman–Crippen LogP) is 2.09. The predicted molar refractivity (Wildman–Crippen MR) is 95.9 cm³/mol. The molecule has 0 aliphatic heterocycles. The third-order valence-corrected chi connectivity index (χ3v) is 3.46. The normalized spacial score (nSPS) is 11.0. The van der Waals surface area contributed by atoms with Crippen LogP contribution in [0.3, 0.4) is 0 Å². The average molecular weight is 380 g/mol. The molecule has 0 bridgehead atoms. The van der Waals surface area contributed by atoms with Crippen LogP contribution in [0.15, 0.2) is 18.2 Å². The number of ether oxygens (including phenoxy) is 2. The second kappa shape index (κ2) is 8.56. The minimum Gasteiger partial charge on any atom is -0.456 e. The van der Waals surface area contributed by atoms with Crippen LogP contribution in [0.2, 0.25) is 0 Å². The van der Waals surface area contributed by atoms with Crippen molar-refractivity contribution in [3.63, 3.8) is 0 Å². The van der Waals surface area contributed by atoms with E-state index in [9.17, 15) is 14.4 Å². The summed E-state index contributed by atoms with van der Waals surface area (Å²) in [5.41, 5.74) is 1.15. The van der Waals surface area contributed by atoms with Crippen LogP contribution in [0.1, 0.15) is 27.2 Å². The highest BCUT2D eigenvalue weighted by Gasteiger charge is 2.16. The summed E-state index contributed by atoms with van der Waals surface area (Å²) in [6, 6.07) is 5.22. The lowest BCUT2D eigenvalue weighted by Crippen LogP contribution is -2.34. The number of alkyl carbamates (subject to hydrolysis) is 1. The summed E-state index contributed by atoms with van der Waals surface area (Å²) in [5.74, 6) is -1.09. The van der Waals surface area contributed by atoms with Gasteiger partial charge >= 0.3 is 12.1 Å². The van der Waals surface area contributed by atoms with Crippen molar-refractivity contribution >= 4 is 46.4 Å². The number of carbonyl (C=O) groups is 3. The van der Waals surface area contributed by atoms with Crippen LogP contribution in [-0.4, -0.2) is 45.5 Å². The van der Waals surface area contributed by atoms with E-state index in [-0.39, 0.29) is 13.0 Å². The molecule has 1 aromatic heterocycles. The molecule has 9 nitrogen and oxygen atoms in total. The maximum atomic E-state index is 11.9. The summed E-state index contributed by atoms with van der Waals surface area (Å²) >= 11 is 1.05. The minimum absolute atomic E-state index is 0.0547. The molecule has 0 spiro atoms. The molecular weight excluding hydrogens is 360 g/mol. The molecule has 10 heteroatoms. The molecule has 1 aromatic carbocycles. The molecule has 0 atom stereocenters. The van der Waals surface area contributed by atoms with Crippen molar-refractivity contribution in [3.05, 3.63) is 18.2 Å². The first kappa shape index (κ1) is 19.6. The molecule has 0 fully saturated rings. The molecule has 2 amide bonds. The second-order valence-corrected chi connectivity index (χ2v) is 6.85. The number of nitrogens with zero attached hydrogens (tertiary/aromatic N) is 2. The Morgan fingerprint density at radius 2 is 1.96 bits per heavy atom. The molecule has 0 aliphatic carbocycles. The number of carbonyl (C=O) groups excluding carboxylic acids is 3. The monoisotopic (exact) mass is 380 g/mol. The number of fused-ring (bicyclic) bond motifs is 1. The van der Waals surface area contributed by atoms with Gasteiger partial charge in [-0.2, -0.15) is 8.75 Å². The number of hydrogen-bond acceptors (Lipinski definition) is 8. The van der Waals surface area contributed by atoms with Crippen LogP contribution in [0.25, 0.3) is 11.0 Å². The van der Waals surface area contributed by atoms with Crippen molar-refractivity contribution in [1.82, 2.24) is 14.1 Å². The first-order valence-corrected chi connectivity index (χ1v) is 8.61. The Morgan fingerprint density at radius 1 is 1.19 bits per heavy atom. The van der Waals surface area contributed by atoms with Crippen molar-refractivity contribution in [2.45, 2.75) is 32.8 Å². The average Bonchev–Trinajstić information content (AvgIpc) is 3.01. The van der Waals surface area contributed by atoms with E-state index < -0.39 is 30.2 Å². The van der Waals surface area contributed by atoms with E-state index in [0.29, 0.717) is 16.7 Å². The summed E-state index contributed by atoms with van der Waals surface area (Å²) < 4.78 is 18.1. The molecular formula is C16H20N4O5S. The molecule has 140 valence electrons. The van der Waals surface area contributed by atoms with Crippen LogP contribution < -0.4 is 10.6 Å². The molecule has 0 saturated heterocycles. The third-order valence-electron chi connectivity index (χ3n) is 2.92. The van der Waals surface area contributed by atoms with Crippen molar-refractivity contribution < 1.29 is 23.9 Å². The van der Waals surface area contributed by atoms with Crippen molar-refractivity contribution in [3.8, 4) is 0 Å². The van der Waals surface area contributed by atoms with Gasteiger partial charge in [0.25, 0.3) is 5.91 Å². The Morgan fingerprint density at radius 3 is 2.69 bits per heavy atom. The number of esters is 1. The number of rotatable bonds is 6. The second-order valence-electron chi connectivity index (χ2n) is 6.33. The van der Waals surface area contributed by atoms with Crippen LogP contribution in [-0.2, 0) is 19.1 Å². The number of anilines is 1. The molecule has 0 radical (unpaired) electrons. The van der Waals surface area contributed by atoms with Gasteiger partial charge in [-0.1, -0.05) is 6.07 Å². The van der Waals surface area contributed by atoms with Gasteiger partial charge in [-0.15, -0.1) is 0 Å². The number of benzene rings is 1. The van der Waals surface area contributed by atoms with Gasteiger partial charge in [-0.05, 0) is 32.9 Å². The van der Waals surface area contributed by atoms with Gasteiger partial charge in [0.05, 0.1) is 23.8 Å². The highest BCUT2D eigenvalue weighted by atomic mass is 32.1. The lowest BCUT2D eigenvalue weighted by atomic mass is 10.2. The zero-order valence-electron chi connectivity index (χ0n) is 14.7. The van der Waals surface area contributed by atoms with E-state index in [2.05, 4.69) is 19.4 Å². The molecule has 2 N–H and O–H groups in total. The van der Waals surface area contributed by atoms with Crippen molar-refractivity contribution in [2.24, 2.45) is 0 Å².